The average molecular weight is 545 g/mol. The van der Waals surface area contributed by atoms with Crippen molar-refractivity contribution in [3.05, 3.63) is 63.2 Å². The van der Waals surface area contributed by atoms with Crippen molar-refractivity contribution in [2.75, 3.05) is 18.4 Å². The topological polar surface area (TPSA) is 63.2 Å². The van der Waals surface area contributed by atoms with E-state index in [1.54, 1.807) is 17.2 Å². The van der Waals surface area contributed by atoms with E-state index in [0.29, 0.717) is 49.3 Å². The highest BCUT2D eigenvalue weighted by Crippen LogP contribution is 2.37. The van der Waals surface area contributed by atoms with Crippen LogP contribution in [0.15, 0.2) is 53.7 Å². The van der Waals surface area contributed by atoms with Gasteiger partial charge in [-0.2, -0.15) is 13.2 Å². The van der Waals surface area contributed by atoms with Crippen molar-refractivity contribution in [1.82, 2.24) is 5.06 Å². The molecule has 1 N–H and O–H groups in total. The molecule has 0 unspecified atom stereocenters. The molecule has 6 nitrogen and oxygen atoms in total. The molecule has 1 spiro atoms. The lowest BCUT2D eigenvalue weighted by molar-refractivity contribution is -0.154. The molecule has 0 bridgehead atoms. The fraction of sp³-hybridized carbons (Fsp3) is 0.333. The van der Waals surface area contributed by atoms with Gasteiger partial charge in [0.2, 0.25) is 0 Å². The number of nitrogens with zero attached hydrogens (tertiary/aromatic N) is 2. The van der Waals surface area contributed by atoms with E-state index in [0.717, 1.165) is 15.7 Å². The molecule has 0 radical (unpaired) electrons. The van der Waals surface area contributed by atoms with Crippen LogP contribution in [0.2, 0.25) is 0 Å². The van der Waals surface area contributed by atoms with Gasteiger partial charge in [0.15, 0.2) is 0 Å². The van der Waals surface area contributed by atoms with Crippen LogP contribution in [0.25, 0.3) is 0 Å². The van der Waals surface area contributed by atoms with Crippen LogP contribution >= 0.6 is 22.6 Å². The molecule has 164 valence electrons. The number of piperidine rings is 1. The summed E-state index contributed by atoms with van der Waals surface area (Å²) in [6.07, 6.45) is -3.27. The number of oxime groups is 1. The zero-order valence-electron chi connectivity index (χ0n) is 16.3. The van der Waals surface area contributed by atoms with Crippen molar-refractivity contribution in [2.24, 2.45) is 5.16 Å². The van der Waals surface area contributed by atoms with Crippen LogP contribution in [0.1, 0.15) is 30.4 Å². The van der Waals surface area contributed by atoms with Crippen molar-refractivity contribution in [1.29, 1.82) is 0 Å². The second kappa shape index (κ2) is 8.65. The number of anilines is 1. The number of carbonyl (C=O) groups is 1. The molecule has 0 aromatic heterocycles. The predicted octanol–water partition coefficient (Wildman–Crippen LogP) is 5.43. The molecule has 2 aliphatic heterocycles. The number of halogens is 4. The summed E-state index contributed by atoms with van der Waals surface area (Å²) in [7, 11) is 0. The van der Waals surface area contributed by atoms with Gasteiger partial charge in [-0.05, 0) is 64.6 Å². The van der Waals surface area contributed by atoms with Gasteiger partial charge in [0.1, 0.15) is 5.60 Å². The molecule has 1 fully saturated rings. The first-order valence-electron chi connectivity index (χ1n) is 9.65. The largest absolute Gasteiger partial charge is 0.430 e. The Bertz CT molecular complexity index is 970. The summed E-state index contributed by atoms with van der Waals surface area (Å²) in [5.41, 5.74) is 0.664. The Labute approximate surface area is 190 Å². The Balaban J connectivity index is 1.28. The summed E-state index contributed by atoms with van der Waals surface area (Å²) in [4.78, 5) is 23.2. The number of hydroxylamine groups is 2. The molecule has 2 aromatic rings. The zero-order chi connectivity index (χ0) is 22.1. The number of nitrogens with one attached hydrogen (secondary N) is 1. The fourth-order valence-corrected chi connectivity index (χ4v) is 3.93. The third-order valence-electron chi connectivity index (χ3n) is 5.32. The van der Waals surface area contributed by atoms with E-state index in [1.807, 2.05) is 12.1 Å². The van der Waals surface area contributed by atoms with Crippen molar-refractivity contribution >= 4 is 40.1 Å². The molecule has 2 heterocycles. The van der Waals surface area contributed by atoms with Crippen molar-refractivity contribution in [3.8, 4) is 0 Å². The first kappa shape index (κ1) is 21.9. The molecule has 0 saturated carbocycles. The summed E-state index contributed by atoms with van der Waals surface area (Å²) in [6.45, 7) is 0.936. The zero-order valence-corrected chi connectivity index (χ0v) is 18.4. The van der Waals surface area contributed by atoms with E-state index in [4.69, 9.17) is 9.68 Å². The minimum absolute atomic E-state index is 0.468. The second-order valence-electron chi connectivity index (χ2n) is 7.50. The normalized spacial score (nSPS) is 18.4. The Morgan fingerprint density at radius 2 is 1.74 bits per heavy atom. The molecule has 2 aliphatic rings. The Morgan fingerprint density at radius 3 is 2.35 bits per heavy atom. The SMILES string of the molecule is O=C(Nc1ccc(I)cc1)ON1CCC2(CC1)CC(c1ccc(C(F)(F)F)cc1)=NO2. The summed E-state index contributed by atoms with van der Waals surface area (Å²) in [6, 6.07) is 12.3. The molecule has 1 saturated heterocycles. The molecular weight excluding hydrogens is 526 g/mol. The maximum absolute atomic E-state index is 12.7. The number of alkyl halides is 3. The molecular formula is C21H19F3IN3O3. The lowest BCUT2D eigenvalue weighted by atomic mass is 9.86. The Morgan fingerprint density at radius 1 is 1.10 bits per heavy atom. The van der Waals surface area contributed by atoms with Gasteiger partial charge in [0.25, 0.3) is 0 Å². The van der Waals surface area contributed by atoms with Gasteiger partial charge in [-0.3, -0.25) is 5.32 Å². The number of hydrogen-bond acceptors (Lipinski definition) is 5. The Kier molecular flexibility index (Phi) is 6.11. The lowest BCUT2D eigenvalue weighted by Crippen LogP contribution is -2.45. The van der Waals surface area contributed by atoms with Gasteiger partial charge < -0.3 is 9.68 Å². The smallest absolute Gasteiger partial charge is 0.388 e. The highest BCUT2D eigenvalue weighted by molar-refractivity contribution is 14.1. The van der Waals surface area contributed by atoms with Gasteiger partial charge in [-0.1, -0.05) is 17.3 Å². The van der Waals surface area contributed by atoms with E-state index >= 15 is 0 Å². The van der Waals surface area contributed by atoms with Gasteiger partial charge in [0.05, 0.1) is 11.3 Å². The van der Waals surface area contributed by atoms with Gasteiger partial charge in [0, 0.05) is 41.6 Å². The van der Waals surface area contributed by atoms with Crippen LogP contribution in [0.3, 0.4) is 0 Å². The van der Waals surface area contributed by atoms with Crippen LogP contribution in [0.4, 0.5) is 23.7 Å². The van der Waals surface area contributed by atoms with E-state index in [9.17, 15) is 18.0 Å². The summed E-state index contributed by atoms with van der Waals surface area (Å²) < 4.78 is 39.3. The summed E-state index contributed by atoms with van der Waals surface area (Å²) in [5.74, 6) is 0. The quantitative estimate of drug-likeness (QED) is 0.523. The molecule has 0 atom stereocenters. The number of hydrogen-bond donors (Lipinski definition) is 1. The lowest BCUT2D eigenvalue weighted by Gasteiger charge is -2.35. The van der Waals surface area contributed by atoms with Crippen molar-refractivity contribution in [3.63, 3.8) is 0 Å². The fourth-order valence-electron chi connectivity index (χ4n) is 3.57. The minimum atomic E-state index is -4.37. The Hall–Kier alpha value is -2.34. The van der Waals surface area contributed by atoms with Gasteiger partial charge >= 0.3 is 12.3 Å². The monoisotopic (exact) mass is 545 g/mol. The maximum Gasteiger partial charge on any atom is 0.430 e. The number of benzene rings is 2. The molecule has 2 aromatic carbocycles. The average Bonchev–Trinajstić information content (AvgIpc) is 3.15. The second-order valence-corrected chi connectivity index (χ2v) is 8.75. The van der Waals surface area contributed by atoms with Crippen LogP contribution < -0.4 is 5.32 Å². The molecule has 1 amide bonds. The third-order valence-corrected chi connectivity index (χ3v) is 6.04. The van der Waals surface area contributed by atoms with E-state index in [-0.39, 0.29) is 0 Å². The molecule has 0 aliphatic carbocycles. The number of carbonyl (C=O) groups excluding carboxylic acids is 1. The maximum atomic E-state index is 12.7. The first-order chi connectivity index (χ1) is 14.7. The predicted molar refractivity (Wildman–Crippen MR) is 116 cm³/mol. The molecule has 31 heavy (non-hydrogen) atoms. The summed E-state index contributed by atoms with van der Waals surface area (Å²) >= 11 is 2.18. The van der Waals surface area contributed by atoms with Crippen LogP contribution in [-0.2, 0) is 15.9 Å². The number of rotatable bonds is 3. The molecule has 4 rings (SSSR count). The van der Waals surface area contributed by atoms with E-state index < -0.39 is 23.4 Å². The summed E-state index contributed by atoms with van der Waals surface area (Å²) in [5, 5.41) is 8.38. The van der Waals surface area contributed by atoms with E-state index in [2.05, 4.69) is 33.1 Å². The highest BCUT2D eigenvalue weighted by Gasteiger charge is 2.43. The number of amides is 1. The first-order valence-corrected chi connectivity index (χ1v) is 10.7. The standard InChI is InChI=1S/C21H19F3IN3O3/c22-21(23,24)15-3-1-14(2-4-15)18-13-20(31-27-18)9-11-28(12-10-20)30-19(29)26-17-7-5-16(25)6-8-17/h1-8H,9-13H2,(H,26,29). The van der Waals surface area contributed by atoms with Gasteiger partial charge in [-0.25, -0.2) is 4.79 Å². The highest BCUT2D eigenvalue weighted by atomic mass is 127. The minimum Gasteiger partial charge on any atom is -0.388 e. The van der Waals surface area contributed by atoms with Crippen LogP contribution in [0.5, 0.6) is 0 Å². The van der Waals surface area contributed by atoms with Gasteiger partial charge in [-0.15, -0.1) is 5.06 Å². The van der Waals surface area contributed by atoms with Crippen LogP contribution in [-0.4, -0.2) is 35.6 Å². The van der Waals surface area contributed by atoms with Crippen molar-refractivity contribution in [2.45, 2.75) is 31.0 Å². The van der Waals surface area contributed by atoms with Crippen molar-refractivity contribution < 1.29 is 27.6 Å². The third kappa shape index (κ3) is 5.29. The molecule has 10 heteroatoms. The van der Waals surface area contributed by atoms with E-state index in [1.165, 1.54) is 12.1 Å². The van der Waals surface area contributed by atoms with Crippen LogP contribution in [0, 0.1) is 3.57 Å².